The van der Waals surface area contributed by atoms with Gasteiger partial charge in [0.1, 0.15) is 5.71 Å². The molecule has 116 valence electrons. The standard InChI is InChI=1S/C17H15N3O3/c1-11(2)19-15-6-4-3-5-14(15)16(17(19)21)18-12-7-9-13(10-8-12)20(22)23/h3-11H,1-2H3. The summed E-state index contributed by atoms with van der Waals surface area (Å²) in [5, 5.41) is 10.7. The van der Waals surface area contributed by atoms with Crippen molar-refractivity contribution in [2.24, 2.45) is 4.99 Å². The molecule has 1 aliphatic heterocycles. The van der Waals surface area contributed by atoms with Gasteiger partial charge in [-0.15, -0.1) is 0 Å². The van der Waals surface area contributed by atoms with Crippen LogP contribution in [0.1, 0.15) is 19.4 Å². The van der Waals surface area contributed by atoms with E-state index in [1.54, 1.807) is 17.0 Å². The van der Waals surface area contributed by atoms with Crippen LogP contribution in [0, 0.1) is 10.1 Å². The molecule has 1 heterocycles. The van der Waals surface area contributed by atoms with Gasteiger partial charge in [0.15, 0.2) is 0 Å². The normalized spacial score (nSPS) is 15.3. The van der Waals surface area contributed by atoms with E-state index in [2.05, 4.69) is 4.99 Å². The number of hydrogen-bond acceptors (Lipinski definition) is 4. The first-order valence-corrected chi connectivity index (χ1v) is 7.25. The molecule has 2 aromatic carbocycles. The van der Waals surface area contributed by atoms with Crippen LogP contribution >= 0.6 is 0 Å². The molecule has 0 atom stereocenters. The lowest BCUT2D eigenvalue weighted by Gasteiger charge is -2.20. The Morgan fingerprint density at radius 3 is 2.35 bits per heavy atom. The maximum absolute atomic E-state index is 12.7. The highest BCUT2D eigenvalue weighted by molar-refractivity contribution is 6.54. The van der Waals surface area contributed by atoms with Crippen LogP contribution in [0.4, 0.5) is 17.1 Å². The fourth-order valence-electron chi connectivity index (χ4n) is 2.62. The number of anilines is 1. The first kappa shape index (κ1) is 14.9. The zero-order valence-electron chi connectivity index (χ0n) is 12.8. The number of rotatable bonds is 3. The molecule has 0 N–H and O–H groups in total. The fourth-order valence-corrected chi connectivity index (χ4v) is 2.62. The number of nitro benzene ring substituents is 1. The minimum Gasteiger partial charge on any atom is -0.304 e. The number of non-ortho nitro benzene ring substituents is 1. The van der Waals surface area contributed by atoms with Crippen LogP contribution < -0.4 is 4.90 Å². The van der Waals surface area contributed by atoms with Gasteiger partial charge in [-0.1, -0.05) is 18.2 Å². The van der Waals surface area contributed by atoms with E-state index in [0.717, 1.165) is 11.3 Å². The summed E-state index contributed by atoms with van der Waals surface area (Å²) in [5.41, 5.74) is 2.50. The molecule has 0 aliphatic carbocycles. The van der Waals surface area contributed by atoms with Crippen LogP contribution in [0.25, 0.3) is 0 Å². The van der Waals surface area contributed by atoms with Crippen LogP contribution in [-0.2, 0) is 4.79 Å². The van der Waals surface area contributed by atoms with Gasteiger partial charge in [0, 0.05) is 23.7 Å². The number of carbonyl (C=O) groups excluding carboxylic acids is 1. The maximum atomic E-state index is 12.7. The minimum atomic E-state index is -0.465. The smallest absolute Gasteiger partial charge is 0.277 e. The summed E-state index contributed by atoms with van der Waals surface area (Å²) in [6.45, 7) is 3.90. The largest absolute Gasteiger partial charge is 0.304 e. The molecule has 2 aromatic rings. The third kappa shape index (κ3) is 2.59. The highest BCUT2D eigenvalue weighted by atomic mass is 16.6. The SMILES string of the molecule is CC(C)N1C(=O)C(=Nc2ccc([N+](=O)[O-])cc2)c2ccccc21. The van der Waals surface area contributed by atoms with Crippen molar-refractivity contribution < 1.29 is 9.72 Å². The molecule has 0 radical (unpaired) electrons. The number of benzene rings is 2. The number of amides is 1. The van der Waals surface area contributed by atoms with Crippen LogP contribution in [0.3, 0.4) is 0 Å². The third-order valence-electron chi connectivity index (χ3n) is 3.66. The van der Waals surface area contributed by atoms with Crippen molar-refractivity contribution in [3.63, 3.8) is 0 Å². The van der Waals surface area contributed by atoms with Gasteiger partial charge in [-0.25, -0.2) is 4.99 Å². The summed E-state index contributed by atoms with van der Waals surface area (Å²) in [4.78, 5) is 29.0. The molecule has 6 nitrogen and oxygen atoms in total. The van der Waals surface area contributed by atoms with Crippen LogP contribution in [0.15, 0.2) is 53.5 Å². The number of nitro groups is 1. The molecule has 0 fully saturated rings. The van der Waals surface area contributed by atoms with E-state index in [9.17, 15) is 14.9 Å². The molecule has 0 saturated carbocycles. The van der Waals surface area contributed by atoms with E-state index in [0.29, 0.717) is 11.4 Å². The molecule has 23 heavy (non-hydrogen) atoms. The lowest BCUT2D eigenvalue weighted by molar-refractivity contribution is -0.384. The Labute approximate surface area is 133 Å². The monoisotopic (exact) mass is 309 g/mol. The summed E-state index contributed by atoms with van der Waals surface area (Å²) >= 11 is 0. The summed E-state index contributed by atoms with van der Waals surface area (Å²) in [6, 6.07) is 13.4. The first-order chi connectivity index (χ1) is 11.0. The van der Waals surface area contributed by atoms with Crippen molar-refractivity contribution in [1.29, 1.82) is 0 Å². The van der Waals surface area contributed by atoms with Gasteiger partial charge >= 0.3 is 0 Å². The quantitative estimate of drug-likeness (QED) is 0.643. The Morgan fingerprint density at radius 2 is 1.74 bits per heavy atom. The summed E-state index contributed by atoms with van der Waals surface area (Å²) in [7, 11) is 0. The number of para-hydroxylation sites is 1. The molecule has 0 spiro atoms. The average molecular weight is 309 g/mol. The van der Waals surface area contributed by atoms with Gasteiger partial charge in [-0.3, -0.25) is 14.9 Å². The zero-order valence-corrected chi connectivity index (χ0v) is 12.8. The Kier molecular flexibility index (Phi) is 3.65. The van der Waals surface area contributed by atoms with E-state index in [1.165, 1.54) is 12.1 Å². The Hall–Kier alpha value is -3.02. The highest BCUT2D eigenvalue weighted by Gasteiger charge is 2.35. The molecule has 0 bridgehead atoms. The number of aliphatic imine (C=N–C) groups is 1. The molecule has 0 aromatic heterocycles. The molecule has 6 heteroatoms. The van der Waals surface area contributed by atoms with Gasteiger partial charge in [-0.2, -0.15) is 0 Å². The van der Waals surface area contributed by atoms with Crippen molar-refractivity contribution in [3.05, 3.63) is 64.2 Å². The summed E-state index contributed by atoms with van der Waals surface area (Å²) < 4.78 is 0. The minimum absolute atomic E-state index is 0.00379. The van der Waals surface area contributed by atoms with E-state index in [4.69, 9.17) is 0 Å². The molecular weight excluding hydrogens is 294 g/mol. The van der Waals surface area contributed by atoms with Gasteiger partial charge in [0.05, 0.1) is 16.3 Å². The Balaban J connectivity index is 2.05. The van der Waals surface area contributed by atoms with Gasteiger partial charge < -0.3 is 4.90 Å². The first-order valence-electron chi connectivity index (χ1n) is 7.25. The molecule has 1 amide bonds. The number of nitrogens with zero attached hydrogens (tertiary/aromatic N) is 3. The number of carbonyl (C=O) groups is 1. The average Bonchev–Trinajstić information content (AvgIpc) is 2.80. The van der Waals surface area contributed by atoms with Crippen molar-refractivity contribution in [2.75, 3.05) is 4.90 Å². The summed E-state index contributed by atoms with van der Waals surface area (Å²) in [5.74, 6) is -0.153. The fraction of sp³-hybridized carbons (Fsp3) is 0.176. The number of hydrogen-bond donors (Lipinski definition) is 0. The van der Waals surface area contributed by atoms with E-state index < -0.39 is 4.92 Å². The lowest BCUT2D eigenvalue weighted by Crippen LogP contribution is -2.35. The molecule has 0 unspecified atom stereocenters. The topological polar surface area (TPSA) is 75.8 Å². The second kappa shape index (κ2) is 5.64. The maximum Gasteiger partial charge on any atom is 0.277 e. The predicted molar refractivity (Wildman–Crippen MR) is 88.4 cm³/mol. The number of fused-ring (bicyclic) bond motifs is 1. The van der Waals surface area contributed by atoms with Crippen molar-refractivity contribution >= 4 is 28.7 Å². The lowest BCUT2D eigenvalue weighted by atomic mass is 10.1. The Bertz CT molecular complexity index is 810. The van der Waals surface area contributed by atoms with E-state index in [1.807, 2.05) is 38.1 Å². The summed E-state index contributed by atoms with van der Waals surface area (Å²) in [6.07, 6.45) is 0. The van der Waals surface area contributed by atoms with Crippen LogP contribution in [0.5, 0.6) is 0 Å². The van der Waals surface area contributed by atoms with Crippen molar-refractivity contribution in [1.82, 2.24) is 0 Å². The molecule has 1 aliphatic rings. The van der Waals surface area contributed by atoms with Crippen LogP contribution in [-0.4, -0.2) is 22.6 Å². The van der Waals surface area contributed by atoms with Crippen molar-refractivity contribution in [3.8, 4) is 0 Å². The third-order valence-corrected chi connectivity index (χ3v) is 3.66. The molecular formula is C17H15N3O3. The second-order valence-corrected chi connectivity index (χ2v) is 5.52. The van der Waals surface area contributed by atoms with Gasteiger partial charge in [-0.05, 0) is 32.0 Å². The van der Waals surface area contributed by atoms with Gasteiger partial charge in [0.2, 0.25) is 0 Å². The Morgan fingerprint density at radius 1 is 1.09 bits per heavy atom. The molecule has 0 saturated heterocycles. The predicted octanol–water partition coefficient (Wildman–Crippen LogP) is 3.47. The highest BCUT2D eigenvalue weighted by Crippen LogP contribution is 2.32. The van der Waals surface area contributed by atoms with E-state index in [-0.39, 0.29) is 17.6 Å². The van der Waals surface area contributed by atoms with Crippen LogP contribution in [0.2, 0.25) is 0 Å². The van der Waals surface area contributed by atoms with E-state index >= 15 is 0 Å². The zero-order chi connectivity index (χ0) is 16.6. The van der Waals surface area contributed by atoms with Gasteiger partial charge in [0.25, 0.3) is 11.6 Å². The van der Waals surface area contributed by atoms with Crippen molar-refractivity contribution in [2.45, 2.75) is 19.9 Å². The second-order valence-electron chi connectivity index (χ2n) is 5.52. The molecule has 3 rings (SSSR count).